The molecule has 7 heavy (non-hydrogen) atoms. The predicted molar refractivity (Wildman–Crippen MR) is 29.7 cm³/mol. The van der Waals surface area contributed by atoms with Gasteiger partial charge < -0.3 is 4.42 Å². The summed E-state index contributed by atoms with van der Waals surface area (Å²) in [6.45, 7) is 0. The van der Waals surface area contributed by atoms with E-state index in [1.807, 2.05) is 0 Å². The minimum absolute atomic E-state index is 0. The highest BCUT2D eigenvalue weighted by molar-refractivity contribution is 7.59. The van der Waals surface area contributed by atoms with Crippen LogP contribution in [-0.4, -0.2) is 4.98 Å². The molecule has 1 aromatic heterocycles. The predicted octanol–water partition coefficient (Wildman–Crippen LogP) is 0.0807. The highest BCUT2D eigenvalue weighted by Gasteiger charge is 1.72. The quantitative estimate of drug-likeness (QED) is 0.525. The Morgan fingerprint density at radius 2 is 2.43 bits per heavy atom. The van der Waals surface area contributed by atoms with E-state index in [9.17, 15) is 4.79 Å². The molecule has 0 atom stereocenters. The van der Waals surface area contributed by atoms with Crippen molar-refractivity contribution in [3.8, 4) is 0 Å². The van der Waals surface area contributed by atoms with Crippen molar-refractivity contribution in [2.75, 3.05) is 0 Å². The van der Waals surface area contributed by atoms with Gasteiger partial charge in [-0.15, -0.1) is 0 Å². The molecule has 0 unspecified atom stereocenters. The van der Waals surface area contributed by atoms with Crippen LogP contribution in [0.2, 0.25) is 0 Å². The van der Waals surface area contributed by atoms with Crippen LogP contribution < -0.4 is 5.76 Å². The molecule has 0 aliphatic carbocycles. The molecule has 0 aliphatic heterocycles. The lowest BCUT2D eigenvalue weighted by Crippen LogP contribution is -1.91. The molecule has 0 amide bonds. The Morgan fingerprint density at radius 1 is 1.71 bits per heavy atom. The third-order valence-corrected chi connectivity index (χ3v) is 0.444. The molecule has 0 saturated carbocycles. The van der Waals surface area contributed by atoms with E-state index in [1.54, 1.807) is 0 Å². The van der Waals surface area contributed by atoms with Gasteiger partial charge in [0.15, 0.2) is 0 Å². The Kier molecular flexibility index (Phi) is 2.29. The van der Waals surface area contributed by atoms with Gasteiger partial charge in [0.2, 0.25) is 0 Å². The number of rotatable bonds is 0. The first kappa shape index (κ1) is 6.36. The van der Waals surface area contributed by atoms with Crippen LogP contribution in [0.1, 0.15) is 0 Å². The molecular formula is C3H5NO2S. The molecule has 0 fully saturated rings. The van der Waals surface area contributed by atoms with Gasteiger partial charge in [0.1, 0.15) is 6.26 Å². The Bertz CT molecular complexity index is 151. The number of hydrogen-bond donors (Lipinski definition) is 1. The average Bonchev–Trinajstić information content (AvgIpc) is 1.86. The molecule has 0 spiro atoms. The Morgan fingerprint density at radius 3 is 2.57 bits per heavy atom. The molecule has 0 bridgehead atoms. The second-order valence-corrected chi connectivity index (χ2v) is 0.852. The first-order chi connectivity index (χ1) is 2.89. The summed E-state index contributed by atoms with van der Waals surface area (Å²) in [5, 5.41) is 0. The van der Waals surface area contributed by atoms with E-state index in [0.717, 1.165) is 0 Å². The van der Waals surface area contributed by atoms with Crippen molar-refractivity contribution in [1.82, 2.24) is 4.98 Å². The molecule has 0 radical (unpaired) electrons. The van der Waals surface area contributed by atoms with E-state index in [0.29, 0.717) is 0 Å². The van der Waals surface area contributed by atoms with Gasteiger partial charge in [-0.1, -0.05) is 0 Å². The molecule has 1 heterocycles. The van der Waals surface area contributed by atoms with Crippen LogP contribution in [0.5, 0.6) is 0 Å². The summed E-state index contributed by atoms with van der Waals surface area (Å²) < 4.78 is 4.22. The van der Waals surface area contributed by atoms with Crippen molar-refractivity contribution >= 4 is 13.5 Å². The molecule has 0 saturated heterocycles. The molecule has 3 nitrogen and oxygen atoms in total. The van der Waals surface area contributed by atoms with Crippen LogP contribution in [0.4, 0.5) is 0 Å². The SMILES string of the molecule is O=c1[nH]cco1.S. The van der Waals surface area contributed by atoms with Gasteiger partial charge in [0.25, 0.3) is 0 Å². The van der Waals surface area contributed by atoms with Crippen molar-refractivity contribution in [2.24, 2.45) is 0 Å². The van der Waals surface area contributed by atoms with Crippen molar-refractivity contribution in [3.05, 3.63) is 23.0 Å². The summed E-state index contributed by atoms with van der Waals surface area (Å²) in [6, 6.07) is 0. The molecule has 1 rings (SSSR count). The first-order valence-electron chi connectivity index (χ1n) is 1.52. The van der Waals surface area contributed by atoms with Crippen LogP contribution in [0, 0.1) is 0 Å². The van der Waals surface area contributed by atoms with Crippen molar-refractivity contribution in [1.29, 1.82) is 0 Å². The summed E-state index contributed by atoms with van der Waals surface area (Å²) in [5.41, 5.74) is 0. The zero-order chi connectivity index (χ0) is 4.41. The van der Waals surface area contributed by atoms with E-state index < -0.39 is 5.76 Å². The highest BCUT2D eigenvalue weighted by atomic mass is 32.1. The largest absolute Gasteiger partial charge is 0.417 e. The number of nitrogens with one attached hydrogen (secondary N) is 1. The van der Waals surface area contributed by atoms with Gasteiger partial charge in [0, 0.05) is 6.20 Å². The third-order valence-electron chi connectivity index (χ3n) is 0.444. The monoisotopic (exact) mass is 119 g/mol. The van der Waals surface area contributed by atoms with Crippen LogP contribution in [-0.2, 0) is 0 Å². The van der Waals surface area contributed by atoms with E-state index >= 15 is 0 Å². The lowest BCUT2D eigenvalue weighted by Gasteiger charge is -1.51. The van der Waals surface area contributed by atoms with Crippen LogP contribution in [0.15, 0.2) is 21.7 Å². The van der Waals surface area contributed by atoms with Gasteiger partial charge >= 0.3 is 5.76 Å². The molecule has 4 heteroatoms. The third kappa shape index (κ3) is 1.50. The van der Waals surface area contributed by atoms with Gasteiger partial charge in [-0.3, -0.25) is 4.98 Å². The summed E-state index contributed by atoms with van der Waals surface area (Å²) in [7, 11) is 0. The molecule has 0 aliphatic rings. The van der Waals surface area contributed by atoms with Gasteiger partial charge in [-0.2, -0.15) is 13.5 Å². The number of aromatic amines is 1. The van der Waals surface area contributed by atoms with Gasteiger partial charge in [0.05, 0.1) is 0 Å². The fourth-order valence-corrected chi connectivity index (χ4v) is 0.232. The molecule has 1 N–H and O–H groups in total. The smallest absolute Gasteiger partial charge is 0.416 e. The zero-order valence-corrected chi connectivity index (χ0v) is 4.47. The van der Waals surface area contributed by atoms with Crippen molar-refractivity contribution in [3.63, 3.8) is 0 Å². The van der Waals surface area contributed by atoms with Crippen LogP contribution in [0.3, 0.4) is 0 Å². The second kappa shape index (κ2) is 2.52. The van der Waals surface area contributed by atoms with Crippen molar-refractivity contribution < 1.29 is 4.42 Å². The van der Waals surface area contributed by atoms with E-state index in [1.165, 1.54) is 12.5 Å². The average molecular weight is 119 g/mol. The minimum atomic E-state index is -0.407. The Labute approximate surface area is 46.8 Å². The number of oxazole rings is 1. The lowest BCUT2D eigenvalue weighted by molar-refractivity contribution is 0.515. The molecule has 40 valence electrons. The Hall–Kier alpha value is -0.640. The fourth-order valence-electron chi connectivity index (χ4n) is 0.232. The minimum Gasteiger partial charge on any atom is -0.417 e. The summed E-state index contributed by atoms with van der Waals surface area (Å²) in [5.74, 6) is -0.407. The van der Waals surface area contributed by atoms with Gasteiger partial charge in [-0.05, 0) is 0 Å². The number of H-pyrrole nitrogens is 1. The fraction of sp³-hybridized carbons (Fsp3) is 0. The summed E-state index contributed by atoms with van der Waals surface area (Å²) >= 11 is 0. The number of hydrogen-bond acceptors (Lipinski definition) is 2. The first-order valence-corrected chi connectivity index (χ1v) is 1.52. The zero-order valence-electron chi connectivity index (χ0n) is 3.47. The topological polar surface area (TPSA) is 46.0 Å². The maximum atomic E-state index is 9.85. The molecular weight excluding hydrogens is 114 g/mol. The Balaban J connectivity index is 0.000000360. The van der Waals surface area contributed by atoms with Gasteiger partial charge in [-0.25, -0.2) is 4.79 Å². The standard InChI is InChI=1S/C3H3NO2.H2S/c5-3-4-1-2-6-3;/h1-2H,(H,4,5);1H2. The maximum absolute atomic E-state index is 9.85. The van der Waals surface area contributed by atoms with Crippen LogP contribution >= 0.6 is 13.5 Å². The highest BCUT2D eigenvalue weighted by Crippen LogP contribution is 1.62. The van der Waals surface area contributed by atoms with E-state index in [4.69, 9.17) is 0 Å². The van der Waals surface area contributed by atoms with E-state index in [-0.39, 0.29) is 13.5 Å². The molecule has 0 aromatic carbocycles. The normalized spacial score (nSPS) is 7.43. The van der Waals surface area contributed by atoms with Crippen molar-refractivity contribution in [2.45, 2.75) is 0 Å². The van der Waals surface area contributed by atoms with E-state index in [2.05, 4.69) is 9.40 Å². The summed E-state index contributed by atoms with van der Waals surface area (Å²) in [6.07, 6.45) is 2.73. The molecule has 1 aromatic rings. The lowest BCUT2D eigenvalue weighted by atomic mass is 11.0. The van der Waals surface area contributed by atoms with Crippen LogP contribution in [0.25, 0.3) is 0 Å². The maximum Gasteiger partial charge on any atom is 0.416 e. The number of aromatic nitrogens is 1. The summed E-state index contributed by atoms with van der Waals surface area (Å²) in [4.78, 5) is 12.1. The second-order valence-electron chi connectivity index (χ2n) is 0.852.